The molecule has 0 aliphatic heterocycles. The zero-order valence-corrected chi connectivity index (χ0v) is 13.8. The maximum atomic E-state index is 12.8. The zero-order chi connectivity index (χ0) is 18.7. The lowest BCUT2D eigenvalue weighted by molar-refractivity contribution is -0.137. The van der Waals surface area contributed by atoms with Crippen LogP contribution in [0.15, 0.2) is 53.2 Å². The molecule has 0 aliphatic carbocycles. The van der Waals surface area contributed by atoms with E-state index < -0.39 is 17.7 Å². The molecule has 0 saturated carbocycles. The molecule has 5 nitrogen and oxygen atoms in total. The first kappa shape index (κ1) is 17.8. The van der Waals surface area contributed by atoms with Crippen LogP contribution < -0.4 is 0 Å². The van der Waals surface area contributed by atoms with Gasteiger partial charge in [0.25, 0.3) is 0 Å². The number of carbonyl (C=O) groups excluding carboxylic acids is 1. The molecule has 0 atom stereocenters. The molecule has 0 saturated heterocycles. The number of aromatic nitrogens is 2. The number of halogens is 3. The van der Waals surface area contributed by atoms with E-state index >= 15 is 0 Å². The summed E-state index contributed by atoms with van der Waals surface area (Å²) in [6.07, 6.45) is -1.51. The van der Waals surface area contributed by atoms with Crippen molar-refractivity contribution in [3.8, 4) is 11.3 Å². The van der Waals surface area contributed by atoms with E-state index in [0.29, 0.717) is 22.6 Å². The van der Waals surface area contributed by atoms with Crippen LogP contribution in [0.5, 0.6) is 0 Å². The van der Waals surface area contributed by atoms with Gasteiger partial charge in [0.1, 0.15) is 11.5 Å². The molecule has 0 amide bonds. The number of furan rings is 1. The molecule has 2 heterocycles. The molecule has 0 radical (unpaired) electrons. The lowest BCUT2D eigenvalue weighted by atomic mass is 10.1. The Balaban J connectivity index is 1.76. The van der Waals surface area contributed by atoms with Gasteiger partial charge in [-0.2, -0.15) is 18.3 Å². The minimum atomic E-state index is -4.41. The first-order valence-corrected chi connectivity index (χ1v) is 7.82. The van der Waals surface area contributed by atoms with E-state index in [1.807, 2.05) is 0 Å². The summed E-state index contributed by atoms with van der Waals surface area (Å²) in [6.45, 7) is 2.21. The second-order valence-electron chi connectivity index (χ2n) is 5.49. The van der Waals surface area contributed by atoms with Crippen LogP contribution in [0, 0.1) is 0 Å². The molecule has 1 aromatic carbocycles. The minimum absolute atomic E-state index is 0.234. The Morgan fingerprint density at radius 1 is 1.27 bits per heavy atom. The number of alkyl halides is 3. The Kier molecular flexibility index (Phi) is 4.83. The summed E-state index contributed by atoms with van der Waals surface area (Å²) in [5.74, 6) is 0.350. The number of hydrogen-bond acceptors (Lipinski definition) is 4. The Morgan fingerprint density at radius 3 is 2.81 bits per heavy atom. The predicted molar refractivity (Wildman–Crippen MR) is 86.4 cm³/mol. The number of carbonyl (C=O) groups is 1. The Labute approximate surface area is 147 Å². The molecule has 0 aliphatic rings. The number of hydrogen-bond donors (Lipinski definition) is 0. The van der Waals surface area contributed by atoms with Crippen LogP contribution in [0.3, 0.4) is 0 Å². The number of rotatable bonds is 5. The number of nitrogens with zero attached hydrogens (tertiary/aromatic N) is 2. The van der Waals surface area contributed by atoms with Crippen molar-refractivity contribution in [1.29, 1.82) is 0 Å². The number of benzene rings is 1. The Hall–Kier alpha value is -3.03. The molecule has 26 heavy (non-hydrogen) atoms. The molecule has 3 aromatic rings. The highest BCUT2D eigenvalue weighted by molar-refractivity contribution is 5.88. The van der Waals surface area contributed by atoms with Crippen LogP contribution in [0.1, 0.15) is 28.6 Å². The maximum Gasteiger partial charge on any atom is 0.416 e. The van der Waals surface area contributed by atoms with Crippen LogP contribution >= 0.6 is 0 Å². The van der Waals surface area contributed by atoms with E-state index in [-0.39, 0.29) is 13.2 Å². The molecule has 3 rings (SSSR count). The van der Waals surface area contributed by atoms with Gasteiger partial charge in [-0.3, -0.25) is 4.68 Å². The normalized spacial score (nSPS) is 11.5. The third-order valence-electron chi connectivity index (χ3n) is 3.60. The topological polar surface area (TPSA) is 57.3 Å². The van der Waals surface area contributed by atoms with Crippen LogP contribution in [0.2, 0.25) is 0 Å². The molecule has 0 fully saturated rings. The van der Waals surface area contributed by atoms with Crippen molar-refractivity contribution in [1.82, 2.24) is 9.78 Å². The summed E-state index contributed by atoms with van der Waals surface area (Å²) in [5.41, 5.74) is -0.0886. The summed E-state index contributed by atoms with van der Waals surface area (Å²) in [4.78, 5) is 11.6. The third-order valence-corrected chi connectivity index (χ3v) is 3.60. The van der Waals surface area contributed by atoms with E-state index in [2.05, 4.69) is 5.10 Å². The van der Waals surface area contributed by atoms with Crippen molar-refractivity contribution in [3.63, 3.8) is 0 Å². The van der Waals surface area contributed by atoms with Gasteiger partial charge >= 0.3 is 12.1 Å². The molecule has 0 spiro atoms. The zero-order valence-electron chi connectivity index (χ0n) is 13.8. The van der Waals surface area contributed by atoms with Crippen molar-refractivity contribution in [2.24, 2.45) is 0 Å². The first-order valence-electron chi connectivity index (χ1n) is 7.82. The SMILES string of the molecule is CCOC(=O)c1cnn(Cc2ccc(-c3cccc(C(F)(F)F)c3)o2)c1. The van der Waals surface area contributed by atoms with Gasteiger partial charge < -0.3 is 9.15 Å². The van der Waals surface area contributed by atoms with Crippen LogP contribution in [-0.4, -0.2) is 22.4 Å². The lowest BCUT2D eigenvalue weighted by Crippen LogP contribution is -2.04. The van der Waals surface area contributed by atoms with E-state index in [1.54, 1.807) is 25.1 Å². The molecule has 0 N–H and O–H groups in total. The highest BCUT2D eigenvalue weighted by Crippen LogP contribution is 2.32. The van der Waals surface area contributed by atoms with Crippen LogP contribution in [-0.2, 0) is 17.5 Å². The fraction of sp³-hybridized carbons (Fsp3) is 0.222. The van der Waals surface area contributed by atoms with Crippen LogP contribution in [0.25, 0.3) is 11.3 Å². The fourth-order valence-electron chi connectivity index (χ4n) is 2.40. The highest BCUT2D eigenvalue weighted by atomic mass is 19.4. The van der Waals surface area contributed by atoms with Crippen molar-refractivity contribution in [3.05, 3.63) is 65.7 Å². The molecule has 0 unspecified atom stereocenters. The summed E-state index contributed by atoms with van der Waals surface area (Å²) in [7, 11) is 0. The highest BCUT2D eigenvalue weighted by Gasteiger charge is 2.30. The molecular weight excluding hydrogens is 349 g/mol. The summed E-state index contributed by atoms with van der Waals surface area (Å²) < 4.78 is 50.4. The summed E-state index contributed by atoms with van der Waals surface area (Å²) in [5, 5.41) is 4.05. The largest absolute Gasteiger partial charge is 0.462 e. The standard InChI is InChI=1S/C18H15F3N2O3/c1-2-25-17(24)13-9-22-23(10-13)11-15-6-7-16(26-15)12-4-3-5-14(8-12)18(19,20)21/h3-10H,2,11H2,1H3. The second-order valence-corrected chi connectivity index (χ2v) is 5.49. The van der Waals surface area contributed by atoms with Gasteiger partial charge in [0.15, 0.2) is 0 Å². The molecule has 0 bridgehead atoms. The summed E-state index contributed by atoms with van der Waals surface area (Å²) in [6, 6.07) is 8.18. The first-order chi connectivity index (χ1) is 12.4. The van der Waals surface area contributed by atoms with Gasteiger partial charge in [0.05, 0.1) is 30.5 Å². The van der Waals surface area contributed by atoms with Gasteiger partial charge in [-0.05, 0) is 31.2 Å². The van der Waals surface area contributed by atoms with E-state index in [4.69, 9.17) is 9.15 Å². The molecule has 136 valence electrons. The Bertz CT molecular complexity index is 912. The molecule has 2 aromatic heterocycles. The molecular formula is C18H15F3N2O3. The lowest BCUT2D eigenvalue weighted by Gasteiger charge is -2.07. The van der Waals surface area contributed by atoms with Crippen molar-refractivity contribution in [2.45, 2.75) is 19.6 Å². The van der Waals surface area contributed by atoms with Crippen molar-refractivity contribution >= 4 is 5.97 Å². The van der Waals surface area contributed by atoms with Gasteiger partial charge in [0.2, 0.25) is 0 Å². The van der Waals surface area contributed by atoms with Crippen molar-refractivity contribution in [2.75, 3.05) is 6.61 Å². The van der Waals surface area contributed by atoms with Gasteiger partial charge in [-0.1, -0.05) is 12.1 Å². The van der Waals surface area contributed by atoms with Gasteiger partial charge in [0, 0.05) is 11.8 Å². The number of esters is 1. The molecule has 8 heteroatoms. The monoisotopic (exact) mass is 364 g/mol. The Morgan fingerprint density at radius 2 is 2.08 bits per heavy atom. The van der Waals surface area contributed by atoms with Crippen molar-refractivity contribution < 1.29 is 27.1 Å². The predicted octanol–water partition coefficient (Wildman–Crippen LogP) is 4.39. The fourth-order valence-corrected chi connectivity index (χ4v) is 2.40. The third kappa shape index (κ3) is 3.96. The maximum absolute atomic E-state index is 12.8. The minimum Gasteiger partial charge on any atom is -0.462 e. The average molecular weight is 364 g/mol. The quantitative estimate of drug-likeness (QED) is 0.630. The van der Waals surface area contributed by atoms with Crippen LogP contribution in [0.4, 0.5) is 13.2 Å². The van der Waals surface area contributed by atoms with Gasteiger partial charge in [-0.25, -0.2) is 4.79 Å². The van der Waals surface area contributed by atoms with E-state index in [0.717, 1.165) is 12.1 Å². The number of ether oxygens (including phenoxy) is 1. The summed E-state index contributed by atoms with van der Waals surface area (Å²) >= 11 is 0. The second kappa shape index (κ2) is 7.07. The van der Waals surface area contributed by atoms with E-state index in [9.17, 15) is 18.0 Å². The van der Waals surface area contributed by atoms with E-state index in [1.165, 1.54) is 23.1 Å². The smallest absolute Gasteiger partial charge is 0.416 e. The average Bonchev–Trinajstić information content (AvgIpc) is 3.25. The van der Waals surface area contributed by atoms with Gasteiger partial charge in [-0.15, -0.1) is 0 Å².